The first-order valence-electron chi connectivity index (χ1n) is 7.66. The van der Waals surface area contributed by atoms with Crippen molar-refractivity contribution < 1.29 is 14.5 Å². The third-order valence-corrected chi connectivity index (χ3v) is 4.77. The van der Waals surface area contributed by atoms with E-state index in [1.807, 2.05) is 0 Å². The monoisotopic (exact) mass is 393 g/mol. The summed E-state index contributed by atoms with van der Waals surface area (Å²) in [7, 11) is 0. The van der Waals surface area contributed by atoms with E-state index < -0.39 is 10.8 Å². The first kappa shape index (κ1) is 18.2. The topological polar surface area (TPSA) is 92.6 Å². The normalized spacial score (nSPS) is 16.6. The molecule has 2 aromatic carbocycles. The zero-order chi connectivity index (χ0) is 18.8. The fourth-order valence-corrected chi connectivity index (χ4v) is 3.02. The Hall–Kier alpha value is -2.64. The summed E-state index contributed by atoms with van der Waals surface area (Å²) in [5.41, 5.74) is 0.763. The maximum atomic E-state index is 12.4. The largest absolute Gasteiger partial charge is 0.326 e. The van der Waals surface area contributed by atoms with E-state index in [1.165, 1.54) is 29.2 Å². The Morgan fingerprint density at radius 2 is 1.96 bits per heavy atom. The van der Waals surface area contributed by atoms with Crippen LogP contribution in [0.5, 0.6) is 0 Å². The van der Waals surface area contributed by atoms with Crippen LogP contribution >= 0.6 is 23.2 Å². The van der Waals surface area contributed by atoms with Crippen LogP contribution in [0.25, 0.3) is 0 Å². The summed E-state index contributed by atoms with van der Waals surface area (Å²) in [6.45, 7) is 0.146. The number of carbonyl (C=O) groups excluding carboxylic acids is 2. The third kappa shape index (κ3) is 3.79. The van der Waals surface area contributed by atoms with E-state index in [0.29, 0.717) is 21.4 Å². The third-order valence-electron chi connectivity index (χ3n) is 4.04. The van der Waals surface area contributed by atoms with Crippen LogP contribution < -0.4 is 10.2 Å². The average molecular weight is 394 g/mol. The molecular weight excluding hydrogens is 381 g/mol. The summed E-state index contributed by atoms with van der Waals surface area (Å²) in [4.78, 5) is 36.4. The summed E-state index contributed by atoms with van der Waals surface area (Å²) in [5.74, 6) is -1.17. The maximum Gasteiger partial charge on any atom is 0.271 e. The molecule has 1 heterocycles. The lowest BCUT2D eigenvalue weighted by atomic mass is 10.1. The van der Waals surface area contributed by atoms with Crippen molar-refractivity contribution >= 4 is 52.1 Å². The van der Waals surface area contributed by atoms with Crippen LogP contribution in [0.15, 0.2) is 42.5 Å². The molecule has 9 heteroatoms. The van der Waals surface area contributed by atoms with Crippen LogP contribution in [-0.2, 0) is 9.59 Å². The van der Waals surface area contributed by atoms with E-state index in [-0.39, 0.29) is 30.5 Å². The molecule has 7 nitrogen and oxygen atoms in total. The van der Waals surface area contributed by atoms with Crippen molar-refractivity contribution in [1.82, 2.24) is 0 Å². The smallest absolute Gasteiger partial charge is 0.271 e. The highest BCUT2D eigenvalue weighted by Crippen LogP contribution is 2.29. The molecule has 1 atom stereocenters. The van der Waals surface area contributed by atoms with Crippen LogP contribution in [0.1, 0.15) is 6.42 Å². The molecule has 0 aromatic heterocycles. The van der Waals surface area contributed by atoms with Gasteiger partial charge in [-0.05, 0) is 24.3 Å². The van der Waals surface area contributed by atoms with E-state index in [1.54, 1.807) is 18.2 Å². The van der Waals surface area contributed by atoms with E-state index in [4.69, 9.17) is 23.2 Å². The predicted molar refractivity (Wildman–Crippen MR) is 98.6 cm³/mol. The maximum absolute atomic E-state index is 12.4. The number of halogens is 2. The number of anilines is 2. The second kappa shape index (κ2) is 7.31. The van der Waals surface area contributed by atoms with Crippen LogP contribution in [0.3, 0.4) is 0 Å². The van der Waals surface area contributed by atoms with Gasteiger partial charge in [0.15, 0.2) is 0 Å². The van der Waals surface area contributed by atoms with Crippen molar-refractivity contribution in [3.05, 3.63) is 62.6 Å². The Kier molecular flexibility index (Phi) is 5.11. The number of nitrogens with one attached hydrogen (secondary N) is 1. The number of hydrogen-bond donors (Lipinski definition) is 1. The predicted octanol–water partition coefficient (Wildman–Crippen LogP) is 3.89. The van der Waals surface area contributed by atoms with E-state index in [2.05, 4.69) is 5.32 Å². The molecule has 26 heavy (non-hydrogen) atoms. The molecule has 1 aliphatic rings. The van der Waals surface area contributed by atoms with Crippen molar-refractivity contribution in [3.63, 3.8) is 0 Å². The van der Waals surface area contributed by atoms with Gasteiger partial charge in [0, 0.05) is 30.8 Å². The lowest BCUT2D eigenvalue weighted by Crippen LogP contribution is -2.28. The van der Waals surface area contributed by atoms with Crippen LogP contribution in [0.4, 0.5) is 17.1 Å². The second-order valence-electron chi connectivity index (χ2n) is 5.80. The number of benzene rings is 2. The summed E-state index contributed by atoms with van der Waals surface area (Å²) in [6, 6.07) is 10.5. The van der Waals surface area contributed by atoms with Gasteiger partial charge in [-0.1, -0.05) is 29.3 Å². The highest BCUT2D eigenvalue weighted by Gasteiger charge is 2.35. The SMILES string of the molecule is O=C(Nc1ccc(Cl)c(Cl)c1)[C@H]1CC(=O)N(c2cccc([N+](=O)[O-])c2)C1. The summed E-state index contributed by atoms with van der Waals surface area (Å²) in [5, 5.41) is 14.3. The number of hydrogen-bond acceptors (Lipinski definition) is 4. The minimum absolute atomic E-state index is 0.0237. The van der Waals surface area contributed by atoms with Crippen molar-refractivity contribution in [2.24, 2.45) is 5.92 Å². The number of amides is 2. The quantitative estimate of drug-likeness (QED) is 0.629. The molecule has 2 amide bonds. The molecule has 134 valence electrons. The molecule has 1 saturated heterocycles. The van der Waals surface area contributed by atoms with Crippen molar-refractivity contribution in [2.45, 2.75) is 6.42 Å². The van der Waals surface area contributed by atoms with Gasteiger partial charge in [-0.2, -0.15) is 0 Å². The first-order chi connectivity index (χ1) is 12.3. The number of non-ortho nitro benzene ring substituents is 1. The van der Waals surface area contributed by atoms with Crippen molar-refractivity contribution in [2.75, 3.05) is 16.8 Å². The molecule has 0 unspecified atom stereocenters. The lowest BCUT2D eigenvalue weighted by molar-refractivity contribution is -0.384. The van der Waals surface area contributed by atoms with Crippen molar-refractivity contribution in [1.29, 1.82) is 0 Å². The Labute approximate surface area is 158 Å². The number of nitro groups is 1. The first-order valence-corrected chi connectivity index (χ1v) is 8.41. The second-order valence-corrected chi connectivity index (χ2v) is 6.61. The van der Waals surface area contributed by atoms with E-state index in [0.717, 1.165) is 0 Å². The van der Waals surface area contributed by atoms with E-state index in [9.17, 15) is 19.7 Å². The van der Waals surface area contributed by atoms with Gasteiger partial charge in [0.25, 0.3) is 5.69 Å². The van der Waals surface area contributed by atoms with Gasteiger partial charge >= 0.3 is 0 Å². The summed E-state index contributed by atoms with van der Waals surface area (Å²) < 4.78 is 0. The Morgan fingerprint density at radius 1 is 1.19 bits per heavy atom. The van der Waals surface area contributed by atoms with Gasteiger partial charge in [0.2, 0.25) is 11.8 Å². The zero-order valence-corrected chi connectivity index (χ0v) is 14.8. The molecule has 0 saturated carbocycles. The number of nitrogens with zero attached hydrogens (tertiary/aromatic N) is 2. The number of carbonyl (C=O) groups is 2. The highest BCUT2D eigenvalue weighted by atomic mass is 35.5. The summed E-state index contributed by atoms with van der Waals surface area (Å²) >= 11 is 11.8. The number of rotatable bonds is 4. The fourth-order valence-electron chi connectivity index (χ4n) is 2.73. The number of nitro benzene ring substituents is 1. The van der Waals surface area contributed by atoms with Gasteiger partial charge in [-0.3, -0.25) is 19.7 Å². The molecule has 1 N–H and O–H groups in total. The van der Waals surface area contributed by atoms with Crippen molar-refractivity contribution in [3.8, 4) is 0 Å². The van der Waals surface area contributed by atoms with Crippen LogP contribution in [0, 0.1) is 16.0 Å². The van der Waals surface area contributed by atoms with Crippen LogP contribution in [0.2, 0.25) is 10.0 Å². The van der Waals surface area contributed by atoms with Gasteiger partial charge in [-0.15, -0.1) is 0 Å². The van der Waals surface area contributed by atoms with Crippen LogP contribution in [-0.4, -0.2) is 23.3 Å². The van der Waals surface area contributed by atoms with Gasteiger partial charge in [-0.25, -0.2) is 0 Å². The molecule has 0 aliphatic carbocycles. The molecule has 0 radical (unpaired) electrons. The van der Waals surface area contributed by atoms with Gasteiger partial charge in [0.1, 0.15) is 0 Å². The minimum atomic E-state index is -0.573. The molecule has 0 bridgehead atoms. The molecular formula is C17H13Cl2N3O4. The Balaban J connectivity index is 1.72. The Bertz CT molecular complexity index is 903. The molecule has 3 rings (SSSR count). The lowest BCUT2D eigenvalue weighted by Gasteiger charge is -2.16. The fraction of sp³-hybridized carbons (Fsp3) is 0.176. The molecule has 2 aromatic rings. The van der Waals surface area contributed by atoms with E-state index >= 15 is 0 Å². The average Bonchev–Trinajstić information content (AvgIpc) is 3.00. The van der Waals surface area contributed by atoms with Gasteiger partial charge in [0.05, 0.1) is 26.6 Å². The summed E-state index contributed by atoms with van der Waals surface area (Å²) in [6.07, 6.45) is 0.0237. The standard InChI is InChI=1S/C17H13Cl2N3O4/c18-14-5-4-11(7-15(14)19)20-17(24)10-6-16(23)21(9-10)12-2-1-3-13(8-12)22(25)26/h1-5,7-8,10H,6,9H2,(H,20,24)/t10-/m0/s1. The molecule has 1 aliphatic heterocycles. The van der Waals surface area contributed by atoms with Gasteiger partial charge < -0.3 is 10.2 Å². The molecule has 1 fully saturated rings. The molecule has 0 spiro atoms. The highest BCUT2D eigenvalue weighted by molar-refractivity contribution is 6.42. The zero-order valence-electron chi connectivity index (χ0n) is 13.3. The Morgan fingerprint density at radius 3 is 2.65 bits per heavy atom. The minimum Gasteiger partial charge on any atom is -0.326 e.